The highest BCUT2D eigenvalue weighted by molar-refractivity contribution is 8.00. The molecule has 3 aromatic rings. The maximum absolute atomic E-state index is 12.3. The van der Waals surface area contributed by atoms with E-state index in [0.29, 0.717) is 30.4 Å². The minimum Gasteiger partial charge on any atom is -0.490 e. The summed E-state index contributed by atoms with van der Waals surface area (Å²) in [6, 6.07) is 7.41. The molecule has 0 bridgehead atoms. The molecule has 1 amide bonds. The van der Waals surface area contributed by atoms with E-state index in [0.717, 1.165) is 21.7 Å². The Morgan fingerprint density at radius 1 is 1.20 bits per heavy atom. The van der Waals surface area contributed by atoms with E-state index in [1.165, 1.54) is 18.1 Å². The van der Waals surface area contributed by atoms with Crippen LogP contribution in [0, 0.1) is 0 Å². The summed E-state index contributed by atoms with van der Waals surface area (Å²) in [5, 5.41) is 6.67. The molecule has 0 radical (unpaired) electrons. The number of benzene rings is 1. The van der Waals surface area contributed by atoms with Gasteiger partial charge in [-0.1, -0.05) is 11.8 Å². The zero-order valence-electron chi connectivity index (χ0n) is 13.2. The SMILES string of the molecule is O=C(CSc1ncnc2sccc12)Nc1ccc2c(c1)OCCCO2. The van der Waals surface area contributed by atoms with Gasteiger partial charge in [0.15, 0.2) is 11.5 Å². The Morgan fingerprint density at radius 3 is 3.00 bits per heavy atom. The molecule has 0 aliphatic carbocycles. The van der Waals surface area contributed by atoms with Crippen LogP contribution in [0.1, 0.15) is 6.42 Å². The molecule has 1 aliphatic rings. The molecule has 128 valence electrons. The van der Waals surface area contributed by atoms with Gasteiger partial charge in [-0.25, -0.2) is 9.97 Å². The van der Waals surface area contributed by atoms with Crippen molar-refractivity contribution in [1.29, 1.82) is 0 Å². The fourth-order valence-electron chi connectivity index (χ4n) is 2.45. The van der Waals surface area contributed by atoms with Crippen LogP contribution in [-0.4, -0.2) is 34.8 Å². The van der Waals surface area contributed by atoms with Crippen molar-refractivity contribution in [2.45, 2.75) is 11.4 Å². The van der Waals surface area contributed by atoms with E-state index in [1.54, 1.807) is 17.4 Å². The molecular formula is C17H15N3O3S2. The normalized spacial score (nSPS) is 13.4. The van der Waals surface area contributed by atoms with Crippen molar-refractivity contribution in [2.24, 2.45) is 0 Å². The van der Waals surface area contributed by atoms with Gasteiger partial charge < -0.3 is 14.8 Å². The summed E-state index contributed by atoms with van der Waals surface area (Å²) < 4.78 is 11.2. The van der Waals surface area contributed by atoms with E-state index >= 15 is 0 Å². The highest BCUT2D eigenvalue weighted by Gasteiger charge is 2.13. The molecule has 0 saturated heterocycles. The monoisotopic (exact) mass is 373 g/mol. The largest absolute Gasteiger partial charge is 0.490 e. The van der Waals surface area contributed by atoms with Crippen molar-refractivity contribution in [3.63, 3.8) is 0 Å². The van der Waals surface area contributed by atoms with Gasteiger partial charge in [-0.15, -0.1) is 11.3 Å². The first-order chi connectivity index (χ1) is 12.3. The second kappa shape index (κ2) is 7.28. The van der Waals surface area contributed by atoms with Crippen LogP contribution in [0.15, 0.2) is 41.0 Å². The number of thioether (sulfide) groups is 1. The number of rotatable bonds is 4. The van der Waals surface area contributed by atoms with Gasteiger partial charge in [0.1, 0.15) is 16.2 Å². The number of nitrogens with one attached hydrogen (secondary N) is 1. The number of aromatic nitrogens is 2. The van der Waals surface area contributed by atoms with Crippen molar-refractivity contribution in [1.82, 2.24) is 9.97 Å². The van der Waals surface area contributed by atoms with E-state index in [-0.39, 0.29) is 11.7 Å². The van der Waals surface area contributed by atoms with Crippen LogP contribution in [0.25, 0.3) is 10.2 Å². The average Bonchev–Trinajstić information content (AvgIpc) is 2.99. The van der Waals surface area contributed by atoms with Crippen LogP contribution >= 0.6 is 23.1 Å². The molecular weight excluding hydrogens is 358 g/mol. The van der Waals surface area contributed by atoms with Gasteiger partial charge in [0.05, 0.1) is 19.0 Å². The summed E-state index contributed by atoms with van der Waals surface area (Å²) >= 11 is 2.96. The summed E-state index contributed by atoms with van der Waals surface area (Å²) in [5.41, 5.74) is 0.693. The molecule has 2 aromatic heterocycles. The third-order valence-corrected chi connectivity index (χ3v) is 5.42. The Hall–Kier alpha value is -2.32. The Morgan fingerprint density at radius 2 is 2.08 bits per heavy atom. The third kappa shape index (κ3) is 3.69. The minimum atomic E-state index is -0.0958. The third-order valence-electron chi connectivity index (χ3n) is 3.60. The van der Waals surface area contributed by atoms with Crippen LogP contribution in [0.5, 0.6) is 11.5 Å². The first-order valence-corrected chi connectivity index (χ1v) is 9.66. The lowest BCUT2D eigenvalue weighted by atomic mass is 10.2. The van der Waals surface area contributed by atoms with Crippen molar-refractivity contribution in [2.75, 3.05) is 24.3 Å². The molecule has 0 unspecified atom stereocenters. The number of thiophene rings is 1. The highest BCUT2D eigenvalue weighted by Crippen LogP contribution is 2.32. The molecule has 6 nitrogen and oxygen atoms in total. The van der Waals surface area contributed by atoms with Gasteiger partial charge in [0.2, 0.25) is 5.91 Å². The molecule has 8 heteroatoms. The summed E-state index contributed by atoms with van der Waals surface area (Å²) in [6.07, 6.45) is 2.38. The van der Waals surface area contributed by atoms with Crippen LogP contribution in [-0.2, 0) is 4.79 Å². The number of hydrogen-bond donors (Lipinski definition) is 1. The summed E-state index contributed by atoms with van der Waals surface area (Å²) in [5.74, 6) is 1.56. The lowest BCUT2D eigenvalue weighted by Crippen LogP contribution is -2.14. The number of nitrogens with zero attached hydrogens (tertiary/aromatic N) is 2. The second-order valence-electron chi connectivity index (χ2n) is 5.37. The second-order valence-corrected chi connectivity index (χ2v) is 7.23. The molecule has 4 rings (SSSR count). The van der Waals surface area contributed by atoms with Gasteiger partial charge in [-0.2, -0.15) is 0 Å². The number of carbonyl (C=O) groups excluding carboxylic acids is 1. The van der Waals surface area contributed by atoms with Gasteiger partial charge in [0, 0.05) is 23.6 Å². The van der Waals surface area contributed by atoms with E-state index in [2.05, 4.69) is 15.3 Å². The summed E-state index contributed by atoms with van der Waals surface area (Å²) in [6.45, 7) is 1.26. The van der Waals surface area contributed by atoms with Gasteiger partial charge in [0.25, 0.3) is 0 Å². The van der Waals surface area contributed by atoms with Crippen LogP contribution in [0.2, 0.25) is 0 Å². The quantitative estimate of drug-likeness (QED) is 0.557. The highest BCUT2D eigenvalue weighted by atomic mass is 32.2. The Kier molecular flexibility index (Phi) is 4.71. The molecule has 0 saturated carbocycles. The first kappa shape index (κ1) is 16.2. The lowest BCUT2D eigenvalue weighted by molar-refractivity contribution is -0.113. The van der Waals surface area contributed by atoms with Crippen LogP contribution < -0.4 is 14.8 Å². The topological polar surface area (TPSA) is 73.3 Å². The predicted molar refractivity (Wildman–Crippen MR) is 98.8 cm³/mol. The van der Waals surface area contributed by atoms with Crippen molar-refractivity contribution < 1.29 is 14.3 Å². The zero-order chi connectivity index (χ0) is 17.1. The molecule has 3 heterocycles. The molecule has 0 spiro atoms. The smallest absolute Gasteiger partial charge is 0.234 e. The average molecular weight is 373 g/mol. The Balaban J connectivity index is 1.41. The van der Waals surface area contributed by atoms with Gasteiger partial charge in [-0.05, 0) is 23.6 Å². The molecule has 1 aliphatic heterocycles. The maximum atomic E-state index is 12.3. The van der Waals surface area contributed by atoms with Crippen LogP contribution in [0.4, 0.5) is 5.69 Å². The van der Waals surface area contributed by atoms with Gasteiger partial charge in [-0.3, -0.25) is 4.79 Å². The predicted octanol–water partition coefficient (Wildman–Crippen LogP) is 3.58. The molecule has 0 atom stereocenters. The summed E-state index contributed by atoms with van der Waals surface area (Å²) in [4.78, 5) is 21.7. The van der Waals surface area contributed by atoms with E-state index in [9.17, 15) is 4.79 Å². The number of fused-ring (bicyclic) bond motifs is 2. The van der Waals surface area contributed by atoms with Gasteiger partial charge >= 0.3 is 0 Å². The minimum absolute atomic E-state index is 0.0958. The van der Waals surface area contributed by atoms with Crippen molar-refractivity contribution >= 4 is 44.9 Å². The maximum Gasteiger partial charge on any atom is 0.234 e. The standard InChI is InChI=1S/C17H15N3O3S2/c21-15(9-25-17-12-4-7-24-16(12)18-10-19-17)20-11-2-3-13-14(8-11)23-6-1-5-22-13/h2-4,7-8,10H,1,5-6,9H2,(H,20,21). The molecule has 1 N–H and O–H groups in total. The molecule has 0 fully saturated rings. The number of anilines is 1. The first-order valence-electron chi connectivity index (χ1n) is 7.80. The lowest BCUT2D eigenvalue weighted by Gasteiger charge is -2.10. The van der Waals surface area contributed by atoms with E-state index in [4.69, 9.17) is 9.47 Å². The fourth-order valence-corrected chi connectivity index (χ4v) is 4.03. The zero-order valence-corrected chi connectivity index (χ0v) is 14.9. The van der Waals surface area contributed by atoms with E-state index < -0.39 is 0 Å². The Bertz CT molecular complexity index is 913. The van der Waals surface area contributed by atoms with E-state index in [1.807, 2.05) is 23.6 Å². The number of carbonyl (C=O) groups is 1. The number of hydrogen-bond acceptors (Lipinski definition) is 7. The fraction of sp³-hybridized carbons (Fsp3) is 0.235. The van der Waals surface area contributed by atoms with Crippen LogP contribution in [0.3, 0.4) is 0 Å². The number of amides is 1. The Labute approximate surface area is 152 Å². The van der Waals surface area contributed by atoms with Crippen molar-refractivity contribution in [3.05, 3.63) is 36.0 Å². The number of ether oxygens (including phenoxy) is 2. The molecule has 25 heavy (non-hydrogen) atoms. The summed E-state index contributed by atoms with van der Waals surface area (Å²) in [7, 11) is 0. The molecule has 1 aromatic carbocycles. The van der Waals surface area contributed by atoms with Crippen molar-refractivity contribution in [3.8, 4) is 11.5 Å².